The first-order valence-corrected chi connectivity index (χ1v) is 9.41. The highest BCUT2D eigenvalue weighted by molar-refractivity contribution is 7.89. The summed E-state index contributed by atoms with van der Waals surface area (Å²) < 4.78 is 27.9. The molecular formula is C16H24N2O4S. The molecule has 2 rings (SSSR count). The first-order valence-electron chi connectivity index (χ1n) is 7.93. The number of carboxylic acid groups (broad SMARTS) is 1. The van der Waals surface area contributed by atoms with Gasteiger partial charge in [-0.3, -0.25) is 0 Å². The van der Waals surface area contributed by atoms with Crippen LogP contribution in [0.4, 0.5) is 5.69 Å². The van der Waals surface area contributed by atoms with Crippen LogP contribution in [0.1, 0.15) is 43.5 Å². The molecule has 1 fully saturated rings. The van der Waals surface area contributed by atoms with Crippen LogP contribution in [0.2, 0.25) is 0 Å². The Labute approximate surface area is 137 Å². The third-order valence-electron chi connectivity index (χ3n) is 3.96. The number of sulfonamides is 1. The summed E-state index contributed by atoms with van der Waals surface area (Å²) in [5.41, 5.74) is 0.571. The number of benzene rings is 1. The number of anilines is 1. The van der Waals surface area contributed by atoms with E-state index in [-0.39, 0.29) is 10.5 Å². The average Bonchev–Trinajstić information content (AvgIpc) is 3.00. The monoisotopic (exact) mass is 340 g/mol. The van der Waals surface area contributed by atoms with E-state index in [4.69, 9.17) is 5.11 Å². The van der Waals surface area contributed by atoms with Crippen molar-refractivity contribution in [2.24, 2.45) is 5.92 Å². The second kappa shape index (κ2) is 7.31. The maximum atomic E-state index is 12.6. The molecule has 0 atom stereocenters. The van der Waals surface area contributed by atoms with Gasteiger partial charge in [-0.2, -0.15) is 0 Å². The van der Waals surface area contributed by atoms with Crippen molar-refractivity contribution in [1.29, 1.82) is 0 Å². The van der Waals surface area contributed by atoms with Gasteiger partial charge in [0.1, 0.15) is 4.90 Å². The largest absolute Gasteiger partial charge is 0.478 e. The Morgan fingerprint density at radius 1 is 1.30 bits per heavy atom. The molecule has 128 valence electrons. The molecular weight excluding hydrogens is 316 g/mol. The van der Waals surface area contributed by atoms with Gasteiger partial charge in [-0.25, -0.2) is 17.9 Å². The first-order chi connectivity index (χ1) is 10.8. The van der Waals surface area contributed by atoms with E-state index in [1.165, 1.54) is 12.1 Å². The topological polar surface area (TPSA) is 86.7 Å². The maximum absolute atomic E-state index is 12.6. The molecule has 0 bridgehead atoms. The van der Waals surface area contributed by atoms with Gasteiger partial charge in [0.2, 0.25) is 10.0 Å². The van der Waals surface area contributed by atoms with Crippen molar-refractivity contribution in [2.45, 2.75) is 38.0 Å². The average molecular weight is 340 g/mol. The van der Waals surface area contributed by atoms with Gasteiger partial charge >= 0.3 is 5.97 Å². The zero-order valence-corrected chi connectivity index (χ0v) is 14.4. The minimum Gasteiger partial charge on any atom is -0.478 e. The maximum Gasteiger partial charge on any atom is 0.335 e. The molecule has 0 saturated carbocycles. The molecule has 2 N–H and O–H groups in total. The van der Waals surface area contributed by atoms with Gasteiger partial charge in [-0.15, -0.1) is 0 Å². The fourth-order valence-electron chi connectivity index (χ4n) is 2.64. The lowest BCUT2D eigenvalue weighted by molar-refractivity contribution is 0.0696. The quantitative estimate of drug-likeness (QED) is 0.795. The molecule has 1 aromatic carbocycles. The van der Waals surface area contributed by atoms with E-state index in [9.17, 15) is 13.2 Å². The lowest BCUT2D eigenvalue weighted by atomic mass is 10.1. The molecule has 1 aliphatic rings. The summed E-state index contributed by atoms with van der Waals surface area (Å²) in [6.07, 6.45) is 2.76. The number of carbonyl (C=O) groups is 1. The lowest BCUT2D eigenvalue weighted by Crippen LogP contribution is -2.29. The van der Waals surface area contributed by atoms with Crippen molar-refractivity contribution >= 4 is 21.7 Å². The predicted octanol–water partition coefficient (Wildman–Crippen LogP) is 2.31. The van der Waals surface area contributed by atoms with Crippen molar-refractivity contribution in [3.05, 3.63) is 23.8 Å². The number of rotatable bonds is 7. The van der Waals surface area contributed by atoms with Crippen LogP contribution in [0.15, 0.2) is 23.1 Å². The molecule has 0 aliphatic carbocycles. The van der Waals surface area contributed by atoms with Crippen LogP contribution in [-0.4, -0.2) is 39.1 Å². The summed E-state index contributed by atoms with van der Waals surface area (Å²) in [5, 5.41) is 9.15. The molecule has 0 unspecified atom stereocenters. The van der Waals surface area contributed by atoms with E-state index in [0.717, 1.165) is 32.4 Å². The van der Waals surface area contributed by atoms with Gasteiger partial charge in [0.15, 0.2) is 0 Å². The number of aromatic carboxylic acids is 1. The third-order valence-corrected chi connectivity index (χ3v) is 5.45. The molecule has 1 heterocycles. The van der Waals surface area contributed by atoms with E-state index in [1.807, 2.05) is 18.7 Å². The van der Waals surface area contributed by atoms with Crippen LogP contribution in [0, 0.1) is 5.92 Å². The summed E-state index contributed by atoms with van der Waals surface area (Å²) in [7, 11) is -3.74. The highest BCUT2D eigenvalue weighted by Crippen LogP contribution is 2.29. The fraction of sp³-hybridized carbons (Fsp3) is 0.562. The molecule has 1 aliphatic heterocycles. The molecule has 0 radical (unpaired) electrons. The Morgan fingerprint density at radius 3 is 2.52 bits per heavy atom. The highest BCUT2D eigenvalue weighted by Gasteiger charge is 2.25. The number of nitrogens with zero attached hydrogens (tertiary/aromatic N) is 1. The number of carboxylic acids is 1. The molecule has 0 aromatic heterocycles. The van der Waals surface area contributed by atoms with Crippen LogP contribution in [-0.2, 0) is 10.0 Å². The number of nitrogens with one attached hydrogen (secondary N) is 1. The van der Waals surface area contributed by atoms with Crippen LogP contribution < -0.4 is 9.62 Å². The Morgan fingerprint density at radius 2 is 1.96 bits per heavy atom. The summed E-state index contributed by atoms with van der Waals surface area (Å²) >= 11 is 0. The zero-order valence-electron chi connectivity index (χ0n) is 13.6. The predicted molar refractivity (Wildman–Crippen MR) is 89.5 cm³/mol. The third kappa shape index (κ3) is 4.45. The molecule has 1 saturated heterocycles. The van der Waals surface area contributed by atoms with Crippen molar-refractivity contribution in [3.8, 4) is 0 Å². The van der Waals surface area contributed by atoms with E-state index in [2.05, 4.69) is 4.72 Å². The normalized spacial score (nSPS) is 15.3. The van der Waals surface area contributed by atoms with Crippen LogP contribution in [0.25, 0.3) is 0 Å². The van der Waals surface area contributed by atoms with E-state index >= 15 is 0 Å². The Bertz CT molecular complexity index is 665. The molecule has 0 spiro atoms. The fourth-order valence-corrected chi connectivity index (χ4v) is 3.94. The minimum absolute atomic E-state index is 0.0165. The summed E-state index contributed by atoms with van der Waals surface area (Å²) in [6.45, 7) is 5.97. The number of hydrogen-bond donors (Lipinski definition) is 2. The minimum atomic E-state index is -3.74. The van der Waals surface area contributed by atoms with Crippen molar-refractivity contribution in [2.75, 3.05) is 24.5 Å². The lowest BCUT2D eigenvalue weighted by Gasteiger charge is -2.22. The first kappa shape index (κ1) is 17.7. The molecule has 6 nitrogen and oxygen atoms in total. The standard InChI is InChI=1S/C16H24N2O4S/c1-12(2)7-8-17-23(21,22)15-11-13(16(19)20)5-6-14(15)18-9-3-4-10-18/h5-6,11-12,17H,3-4,7-10H2,1-2H3,(H,19,20). The SMILES string of the molecule is CC(C)CCNS(=O)(=O)c1cc(C(=O)O)ccc1N1CCCC1. The van der Waals surface area contributed by atoms with Gasteiger partial charge in [-0.05, 0) is 43.4 Å². The van der Waals surface area contributed by atoms with Crippen molar-refractivity contribution in [3.63, 3.8) is 0 Å². The smallest absolute Gasteiger partial charge is 0.335 e. The van der Waals surface area contributed by atoms with Gasteiger partial charge in [-0.1, -0.05) is 13.8 Å². The Balaban J connectivity index is 2.35. The van der Waals surface area contributed by atoms with E-state index in [1.54, 1.807) is 6.07 Å². The molecule has 1 aromatic rings. The van der Waals surface area contributed by atoms with Gasteiger partial charge in [0, 0.05) is 19.6 Å². The van der Waals surface area contributed by atoms with Gasteiger partial charge in [0.05, 0.1) is 11.3 Å². The second-order valence-corrected chi connectivity index (χ2v) is 8.00. The Hall–Kier alpha value is -1.60. The van der Waals surface area contributed by atoms with Crippen LogP contribution in [0.5, 0.6) is 0 Å². The second-order valence-electron chi connectivity index (χ2n) is 6.26. The van der Waals surface area contributed by atoms with Crippen molar-refractivity contribution in [1.82, 2.24) is 4.72 Å². The highest BCUT2D eigenvalue weighted by atomic mass is 32.2. The van der Waals surface area contributed by atoms with Crippen LogP contribution in [0.3, 0.4) is 0 Å². The summed E-state index contributed by atoms with van der Waals surface area (Å²) in [6, 6.07) is 4.32. The number of hydrogen-bond acceptors (Lipinski definition) is 4. The van der Waals surface area contributed by atoms with Crippen LogP contribution >= 0.6 is 0 Å². The summed E-state index contributed by atoms with van der Waals surface area (Å²) in [5.74, 6) is -0.738. The molecule has 23 heavy (non-hydrogen) atoms. The van der Waals surface area contributed by atoms with Crippen molar-refractivity contribution < 1.29 is 18.3 Å². The molecule has 7 heteroatoms. The molecule has 0 amide bonds. The van der Waals surface area contributed by atoms with E-state index in [0.29, 0.717) is 18.2 Å². The zero-order chi connectivity index (χ0) is 17.0. The van der Waals surface area contributed by atoms with Gasteiger partial charge < -0.3 is 10.0 Å². The van der Waals surface area contributed by atoms with Gasteiger partial charge in [0.25, 0.3) is 0 Å². The Kier molecular flexibility index (Phi) is 5.64. The summed E-state index contributed by atoms with van der Waals surface area (Å²) in [4.78, 5) is 13.2. The van der Waals surface area contributed by atoms with E-state index < -0.39 is 16.0 Å².